The summed E-state index contributed by atoms with van der Waals surface area (Å²) in [6.45, 7) is 2.60. The lowest BCUT2D eigenvalue weighted by atomic mass is 9.82. The number of rotatable bonds is 10. The Kier molecular flexibility index (Phi) is 8.18. The molecule has 0 aromatic heterocycles. The number of nitrogens with two attached hydrogens (primary N) is 1. The summed E-state index contributed by atoms with van der Waals surface area (Å²) < 4.78 is 0. The van der Waals surface area contributed by atoms with Gasteiger partial charge >= 0.3 is 13.1 Å². The highest BCUT2D eigenvalue weighted by Crippen LogP contribution is 2.16. The van der Waals surface area contributed by atoms with Crippen LogP contribution >= 0.6 is 0 Å². The van der Waals surface area contributed by atoms with E-state index in [-0.39, 0.29) is 12.1 Å². The van der Waals surface area contributed by atoms with Gasteiger partial charge in [0.25, 0.3) is 0 Å². The monoisotopic (exact) mass is 260 g/mol. The second-order valence-corrected chi connectivity index (χ2v) is 5.26. The third-order valence-electron chi connectivity index (χ3n) is 2.93. The van der Waals surface area contributed by atoms with Crippen molar-refractivity contribution in [3.05, 3.63) is 0 Å². The Morgan fingerprint density at radius 3 is 2.44 bits per heavy atom. The maximum Gasteiger partial charge on any atom is 0.451 e. The van der Waals surface area contributed by atoms with E-state index in [4.69, 9.17) is 20.9 Å². The number of hydrogen-bond donors (Lipinski definition) is 4. The summed E-state index contributed by atoms with van der Waals surface area (Å²) in [5.74, 6) is -0.840. The molecule has 0 aliphatic heterocycles. The summed E-state index contributed by atoms with van der Waals surface area (Å²) in [5.41, 5.74) is 5.77. The molecule has 0 saturated heterocycles. The van der Waals surface area contributed by atoms with E-state index in [1.807, 2.05) is 6.92 Å². The fourth-order valence-corrected chi connectivity index (χ4v) is 1.74. The van der Waals surface area contributed by atoms with Crippen LogP contribution in [0.5, 0.6) is 0 Å². The summed E-state index contributed by atoms with van der Waals surface area (Å²) in [7, 11) is 0.516. The summed E-state index contributed by atoms with van der Waals surface area (Å²) in [6.07, 6.45) is 3.46. The quantitative estimate of drug-likeness (QED) is 0.319. The first-order valence-electron chi connectivity index (χ1n) is 6.28. The molecule has 18 heavy (non-hydrogen) atoms. The second-order valence-electron chi connectivity index (χ2n) is 5.26. The Bertz CT molecular complexity index is 249. The predicted molar refractivity (Wildman–Crippen MR) is 71.2 cm³/mol. The molecule has 0 aromatic rings. The SMILES string of the molecule is CN(CCC(C)(N)CCCCB(O)O)CC(=O)O. The number of carbonyl (C=O) groups is 1. The molecule has 0 aromatic carbocycles. The molecule has 0 spiro atoms. The number of hydrogen-bond acceptors (Lipinski definition) is 5. The third-order valence-corrected chi connectivity index (χ3v) is 2.93. The molecule has 0 heterocycles. The summed E-state index contributed by atoms with van der Waals surface area (Å²) in [5, 5.41) is 26.0. The first-order chi connectivity index (χ1) is 8.23. The van der Waals surface area contributed by atoms with E-state index in [1.165, 1.54) is 0 Å². The van der Waals surface area contributed by atoms with Crippen molar-refractivity contribution in [2.75, 3.05) is 20.1 Å². The average Bonchev–Trinajstić information content (AvgIpc) is 2.21. The first-order valence-corrected chi connectivity index (χ1v) is 6.28. The maximum atomic E-state index is 10.5. The number of carboxylic acid groups (broad SMARTS) is 1. The molecule has 0 rings (SSSR count). The van der Waals surface area contributed by atoms with Gasteiger partial charge in [-0.3, -0.25) is 9.69 Å². The Labute approximate surface area is 109 Å². The van der Waals surface area contributed by atoms with Crippen LogP contribution in [-0.2, 0) is 4.79 Å². The number of unbranched alkanes of at least 4 members (excludes halogenated alkanes) is 1. The highest BCUT2D eigenvalue weighted by atomic mass is 16.4. The highest BCUT2D eigenvalue weighted by Gasteiger charge is 2.19. The molecule has 7 heteroatoms. The molecule has 1 unspecified atom stereocenters. The minimum atomic E-state index is -1.24. The zero-order valence-corrected chi connectivity index (χ0v) is 11.3. The van der Waals surface area contributed by atoms with Gasteiger partial charge in [0.2, 0.25) is 0 Å². The molecule has 0 aliphatic rings. The lowest BCUT2D eigenvalue weighted by molar-refractivity contribution is -0.138. The van der Waals surface area contributed by atoms with E-state index in [9.17, 15) is 4.79 Å². The molecule has 0 amide bonds. The zero-order chi connectivity index (χ0) is 14.2. The Balaban J connectivity index is 3.75. The first kappa shape index (κ1) is 17.4. The van der Waals surface area contributed by atoms with Gasteiger partial charge < -0.3 is 20.9 Å². The number of likely N-dealkylation sites (N-methyl/N-ethyl adjacent to an activating group) is 1. The van der Waals surface area contributed by atoms with Crippen LogP contribution in [0.3, 0.4) is 0 Å². The van der Waals surface area contributed by atoms with Crippen molar-refractivity contribution in [3.63, 3.8) is 0 Å². The van der Waals surface area contributed by atoms with Gasteiger partial charge in [-0.25, -0.2) is 0 Å². The molecule has 0 aliphatic carbocycles. The number of nitrogens with zero attached hydrogens (tertiary/aromatic N) is 1. The molecule has 6 nitrogen and oxygen atoms in total. The predicted octanol–water partition coefficient (Wildman–Crippen LogP) is -0.247. The van der Waals surface area contributed by atoms with Gasteiger partial charge in [-0.2, -0.15) is 0 Å². The van der Waals surface area contributed by atoms with Gasteiger partial charge in [-0.15, -0.1) is 0 Å². The van der Waals surface area contributed by atoms with Crippen molar-refractivity contribution in [2.45, 2.75) is 44.5 Å². The van der Waals surface area contributed by atoms with E-state index >= 15 is 0 Å². The fourth-order valence-electron chi connectivity index (χ4n) is 1.74. The van der Waals surface area contributed by atoms with Gasteiger partial charge in [-0.1, -0.05) is 12.8 Å². The number of aliphatic carboxylic acids is 1. The molecule has 106 valence electrons. The van der Waals surface area contributed by atoms with Crippen molar-refractivity contribution in [3.8, 4) is 0 Å². The lowest BCUT2D eigenvalue weighted by Gasteiger charge is -2.27. The Morgan fingerprint density at radius 1 is 1.33 bits per heavy atom. The van der Waals surface area contributed by atoms with Gasteiger partial charge in [0.1, 0.15) is 0 Å². The van der Waals surface area contributed by atoms with Crippen LogP contribution in [0.25, 0.3) is 0 Å². The smallest absolute Gasteiger partial charge is 0.451 e. The molecular weight excluding hydrogens is 235 g/mol. The molecule has 0 bridgehead atoms. The maximum absolute atomic E-state index is 10.5. The molecule has 1 atom stereocenters. The third kappa shape index (κ3) is 10.5. The summed E-state index contributed by atoms with van der Waals surface area (Å²) in [6, 6.07) is 0. The zero-order valence-electron chi connectivity index (χ0n) is 11.3. The average molecular weight is 260 g/mol. The van der Waals surface area contributed by atoms with Crippen LogP contribution < -0.4 is 5.73 Å². The van der Waals surface area contributed by atoms with E-state index in [0.29, 0.717) is 12.9 Å². The minimum absolute atomic E-state index is 0.0206. The topological polar surface area (TPSA) is 107 Å². The van der Waals surface area contributed by atoms with Crippen molar-refractivity contribution < 1.29 is 19.9 Å². The van der Waals surface area contributed by atoms with Crippen LogP contribution in [0, 0.1) is 0 Å². The second kappa shape index (κ2) is 8.47. The fraction of sp³-hybridized carbons (Fsp3) is 0.909. The lowest BCUT2D eigenvalue weighted by Crippen LogP contribution is -2.40. The van der Waals surface area contributed by atoms with Crippen LogP contribution in [0.4, 0.5) is 0 Å². The normalized spacial score (nSPS) is 14.6. The van der Waals surface area contributed by atoms with E-state index in [0.717, 1.165) is 25.7 Å². The van der Waals surface area contributed by atoms with Crippen molar-refractivity contribution in [2.24, 2.45) is 5.73 Å². The van der Waals surface area contributed by atoms with Crippen LogP contribution in [0.1, 0.15) is 32.6 Å². The minimum Gasteiger partial charge on any atom is -0.480 e. The van der Waals surface area contributed by atoms with Crippen LogP contribution in [-0.4, -0.2) is 58.8 Å². The largest absolute Gasteiger partial charge is 0.480 e. The Hall–Kier alpha value is -0.625. The van der Waals surface area contributed by atoms with Gasteiger partial charge in [0.15, 0.2) is 0 Å². The summed E-state index contributed by atoms with van der Waals surface area (Å²) in [4.78, 5) is 12.2. The van der Waals surface area contributed by atoms with Crippen LogP contribution in [0.15, 0.2) is 0 Å². The van der Waals surface area contributed by atoms with E-state index in [1.54, 1.807) is 11.9 Å². The van der Waals surface area contributed by atoms with Gasteiger partial charge in [-0.05, 0) is 33.1 Å². The van der Waals surface area contributed by atoms with Crippen molar-refractivity contribution >= 4 is 13.1 Å². The Morgan fingerprint density at radius 2 is 1.94 bits per heavy atom. The number of carboxylic acids is 1. The molecular formula is C11H25BN2O4. The van der Waals surface area contributed by atoms with Gasteiger partial charge in [0, 0.05) is 12.1 Å². The van der Waals surface area contributed by atoms with E-state index < -0.39 is 13.1 Å². The standard InChI is InChI=1S/C11H25BN2O4/c1-11(13,5-3-4-7-12(17)18)6-8-14(2)9-10(15)16/h17-18H,3-9,13H2,1-2H3,(H,15,16). The van der Waals surface area contributed by atoms with Crippen LogP contribution in [0.2, 0.25) is 6.32 Å². The summed E-state index contributed by atoms with van der Waals surface area (Å²) >= 11 is 0. The van der Waals surface area contributed by atoms with Gasteiger partial charge in [0.05, 0.1) is 6.54 Å². The molecule has 0 saturated carbocycles. The highest BCUT2D eigenvalue weighted by molar-refractivity contribution is 6.40. The molecule has 5 N–H and O–H groups in total. The van der Waals surface area contributed by atoms with Crippen molar-refractivity contribution in [1.82, 2.24) is 4.90 Å². The van der Waals surface area contributed by atoms with E-state index in [2.05, 4.69) is 0 Å². The molecule has 0 fully saturated rings. The van der Waals surface area contributed by atoms with Crippen molar-refractivity contribution in [1.29, 1.82) is 0 Å². The molecule has 0 radical (unpaired) electrons.